The number of benzene rings is 1. The van der Waals surface area contributed by atoms with Crippen LogP contribution in [-0.4, -0.2) is 15.8 Å². The zero-order valence-electron chi connectivity index (χ0n) is 12.1. The summed E-state index contributed by atoms with van der Waals surface area (Å²) in [6, 6.07) is 11.0. The van der Waals surface area contributed by atoms with Crippen LogP contribution in [-0.2, 0) is 13.1 Å². The van der Waals surface area contributed by atoms with E-state index in [1.54, 1.807) is 0 Å². The van der Waals surface area contributed by atoms with Gasteiger partial charge in [0.25, 0.3) is 0 Å². The Kier molecular flexibility index (Phi) is 4.74. The fourth-order valence-electron chi connectivity index (χ4n) is 2.18. The van der Waals surface area contributed by atoms with Crippen molar-refractivity contribution in [3.8, 4) is 11.3 Å². The Bertz CT molecular complexity index is 500. The maximum absolute atomic E-state index is 4.54. The van der Waals surface area contributed by atoms with E-state index in [9.17, 15) is 0 Å². The van der Waals surface area contributed by atoms with Crippen LogP contribution in [0.5, 0.6) is 0 Å². The van der Waals surface area contributed by atoms with Crippen molar-refractivity contribution >= 4 is 0 Å². The van der Waals surface area contributed by atoms with E-state index in [0.29, 0.717) is 6.04 Å². The Morgan fingerprint density at radius 2 is 1.95 bits per heavy atom. The van der Waals surface area contributed by atoms with Crippen molar-refractivity contribution in [3.63, 3.8) is 0 Å². The Morgan fingerprint density at radius 1 is 1.21 bits per heavy atom. The van der Waals surface area contributed by atoms with Crippen molar-refractivity contribution in [2.45, 2.75) is 46.3 Å². The lowest BCUT2D eigenvalue weighted by atomic mass is 10.1. The van der Waals surface area contributed by atoms with Crippen LogP contribution in [0.2, 0.25) is 0 Å². The van der Waals surface area contributed by atoms with Crippen LogP contribution in [0.4, 0.5) is 0 Å². The van der Waals surface area contributed by atoms with Gasteiger partial charge in [-0.3, -0.25) is 4.68 Å². The molecule has 0 amide bonds. The molecule has 102 valence electrons. The number of nitrogens with one attached hydrogen (secondary N) is 1. The zero-order chi connectivity index (χ0) is 13.7. The molecule has 2 aromatic rings. The van der Waals surface area contributed by atoms with E-state index in [0.717, 1.165) is 19.5 Å². The van der Waals surface area contributed by atoms with Crippen molar-refractivity contribution in [2.75, 3.05) is 0 Å². The summed E-state index contributed by atoms with van der Waals surface area (Å²) in [5.41, 5.74) is 3.76. The molecule has 0 saturated carbocycles. The minimum Gasteiger partial charge on any atom is -0.310 e. The lowest BCUT2D eigenvalue weighted by Crippen LogP contribution is -2.22. The Balaban J connectivity index is 2.33. The summed E-state index contributed by atoms with van der Waals surface area (Å²) in [5, 5.41) is 8.01. The molecule has 0 aliphatic rings. The molecule has 1 N–H and O–H groups in total. The first-order valence-electron chi connectivity index (χ1n) is 7.05. The summed E-state index contributed by atoms with van der Waals surface area (Å²) in [4.78, 5) is 0. The predicted octanol–water partition coefficient (Wildman–Crippen LogP) is 3.46. The van der Waals surface area contributed by atoms with Gasteiger partial charge in [0, 0.05) is 30.3 Å². The maximum Gasteiger partial charge on any atom is 0.0727 e. The fraction of sp³-hybridized carbons (Fsp3) is 0.438. The van der Waals surface area contributed by atoms with Gasteiger partial charge < -0.3 is 5.32 Å². The third-order valence-electron chi connectivity index (χ3n) is 3.10. The summed E-state index contributed by atoms with van der Waals surface area (Å²) in [7, 11) is 0. The van der Waals surface area contributed by atoms with Gasteiger partial charge in [0.05, 0.1) is 11.9 Å². The molecule has 3 heteroatoms. The molecule has 0 atom stereocenters. The smallest absolute Gasteiger partial charge is 0.0727 e. The van der Waals surface area contributed by atoms with Gasteiger partial charge in [-0.15, -0.1) is 0 Å². The van der Waals surface area contributed by atoms with E-state index in [-0.39, 0.29) is 0 Å². The second-order valence-electron chi connectivity index (χ2n) is 5.14. The number of aromatic nitrogens is 2. The summed E-state index contributed by atoms with van der Waals surface area (Å²) in [6.07, 6.45) is 3.09. The van der Waals surface area contributed by atoms with Gasteiger partial charge in [-0.2, -0.15) is 5.10 Å². The molecule has 0 aliphatic carbocycles. The molecule has 0 radical (unpaired) electrons. The van der Waals surface area contributed by atoms with E-state index in [4.69, 9.17) is 0 Å². The first-order valence-corrected chi connectivity index (χ1v) is 7.05. The molecule has 3 nitrogen and oxygen atoms in total. The van der Waals surface area contributed by atoms with Crippen LogP contribution in [0.1, 0.15) is 32.8 Å². The molecule has 0 bridgehead atoms. The van der Waals surface area contributed by atoms with Crippen molar-refractivity contribution in [1.29, 1.82) is 0 Å². The van der Waals surface area contributed by atoms with E-state index in [1.807, 2.05) is 6.20 Å². The maximum atomic E-state index is 4.54. The first-order chi connectivity index (χ1) is 9.22. The molecule has 0 saturated heterocycles. The van der Waals surface area contributed by atoms with E-state index >= 15 is 0 Å². The molecule has 2 rings (SSSR count). The lowest BCUT2D eigenvalue weighted by Gasteiger charge is -2.11. The number of hydrogen-bond donors (Lipinski definition) is 1. The highest BCUT2D eigenvalue weighted by Crippen LogP contribution is 2.23. The lowest BCUT2D eigenvalue weighted by molar-refractivity contribution is 0.586. The van der Waals surface area contributed by atoms with Crippen molar-refractivity contribution < 1.29 is 0 Å². The third kappa shape index (κ3) is 3.44. The second-order valence-corrected chi connectivity index (χ2v) is 5.14. The zero-order valence-corrected chi connectivity index (χ0v) is 12.1. The fourth-order valence-corrected chi connectivity index (χ4v) is 2.18. The van der Waals surface area contributed by atoms with Gasteiger partial charge in [0.15, 0.2) is 0 Å². The summed E-state index contributed by atoms with van der Waals surface area (Å²) >= 11 is 0. The second kappa shape index (κ2) is 6.53. The van der Waals surface area contributed by atoms with Crippen LogP contribution in [0.3, 0.4) is 0 Å². The van der Waals surface area contributed by atoms with Crippen LogP contribution in [0, 0.1) is 0 Å². The predicted molar refractivity (Wildman–Crippen MR) is 79.9 cm³/mol. The summed E-state index contributed by atoms with van der Waals surface area (Å²) < 4.78 is 2.12. The molecule has 0 fully saturated rings. The van der Waals surface area contributed by atoms with Crippen molar-refractivity contribution in [2.24, 2.45) is 0 Å². The normalized spacial score (nSPS) is 11.2. The molecule has 19 heavy (non-hydrogen) atoms. The van der Waals surface area contributed by atoms with Gasteiger partial charge >= 0.3 is 0 Å². The van der Waals surface area contributed by atoms with Gasteiger partial charge in [0.1, 0.15) is 0 Å². The number of nitrogens with zero attached hydrogens (tertiary/aromatic N) is 2. The Morgan fingerprint density at radius 3 is 2.58 bits per heavy atom. The van der Waals surface area contributed by atoms with Crippen LogP contribution < -0.4 is 5.32 Å². The quantitative estimate of drug-likeness (QED) is 0.859. The Hall–Kier alpha value is -1.61. The van der Waals surface area contributed by atoms with Crippen LogP contribution in [0.25, 0.3) is 11.3 Å². The van der Waals surface area contributed by atoms with Gasteiger partial charge in [0.2, 0.25) is 0 Å². The van der Waals surface area contributed by atoms with E-state index in [1.165, 1.54) is 16.8 Å². The molecule has 1 heterocycles. The first kappa shape index (κ1) is 13.8. The largest absolute Gasteiger partial charge is 0.310 e. The third-order valence-corrected chi connectivity index (χ3v) is 3.10. The van der Waals surface area contributed by atoms with Gasteiger partial charge in [-0.05, 0) is 6.42 Å². The molecule has 0 aliphatic heterocycles. The van der Waals surface area contributed by atoms with Crippen LogP contribution in [0.15, 0.2) is 36.5 Å². The highest BCUT2D eigenvalue weighted by Gasteiger charge is 2.12. The standard InChI is InChI=1S/C16H23N3/c1-4-10-19-16(14-8-6-5-7-9-14)15(12-18-19)11-17-13(2)3/h5-9,12-13,17H,4,10-11H2,1-3H3. The molecular weight excluding hydrogens is 234 g/mol. The molecule has 1 aromatic carbocycles. The number of rotatable bonds is 6. The average molecular weight is 257 g/mol. The highest BCUT2D eigenvalue weighted by molar-refractivity contribution is 5.63. The molecular formula is C16H23N3. The van der Waals surface area contributed by atoms with Crippen molar-refractivity contribution in [1.82, 2.24) is 15.1 Å². The van der Waals surface area contributed by atoms with Gasteiger partial charge in [-0.1, -0.05) is 51.1 Å². The minimum atomic E-state index is 0.484. The molecule has 0 spiro atoms. The van der Waals surface area contributed by atoms with E-state index in [2.05, 4.69) is 66.2 Å². The average Bonchev–Trinajstić information content (AvgIpc) is 2.81. The topological polar surface area (TPSA) is 29.9 Å². The van der Waals surface area contributed by atoms with E-state index < -0.39 is 0 Å². The number of hydrogen-bond acceptors (Lipinski definition) is 2. The van der Waals surface area contributed by atoms with Gasteiger partial charge in [-0.25, -0.2) is 0 Å². The molecule has 1 aromatic heterocycles. The summed E-state index contributed by atoms with van der Waals surface area (Å²) in [5.74, 6) is 0. The monoisotopic (exact) mass is 257 g/mol. The minimum absolute atomic E-state index is 0.484. The van der Waals surface area contributed by atoms with Crippen molar-refractivity contribution in [3.05, 3.63) is 42.1 Å². The highest BCUT2D eigenvalue weighted by atomic mass is 15.3. The molecule has 0 unspecified atom stereocenters. The number of aryl methyl sites for hydroxylation is 1. The van der Waals surface area contributed by atoms with Crippen LogP contribution >= 0.6 is 0 Å². The SMILES string of the molecule is CCCn1ncc(CNC(C)C)c1-c1ccccc1. The Labute approximate surface area is 115 Å². The summed E-state index contributed by atoms with van der Waals surface area (Å²) in [6.45, 7) is 8.34.